The number of hydrogen-bond donors (Lipinski definition) is 1. The summed E-state index contributed by atoms with van der Waals surface area (Å²) < 4.78 is 24.0. The van der Waals surface area contributed by atoms with E-state index in [9.17, 15) is 8.42 Å². The van der Waals surface area contributed by atoms with Gasteiger partial charge in [-0.2, -0.15) is 4.98 Å². The number of aryl methyl sites for hydroxylation is 1. The normalized spacial score (nSPS) is 13.7. The summed E-state index contributed by atoms with van der Waals surface area (Å²) in [5.41, 5.74) is 1.82. The minimum absolute atomic E-state index is 0.0571. The second-order valence-electron chi connectivity index (χ2n) is 4.58. The van der Waals surface area contributed by atoms with E-state index in [2.05, 4.69) is 15.4 Å². The Labute approximate surface area is 106 Å². The van der Waals surface area contributed by atoms with Gasteiger partial charge in [-0.25, -0.2) is 12.9 Å². The highest BCUT2D eigenvalue weighted by Crippen LogP contribution is 2.08. The third-order valence-corrected chi connectivity index (χ3v) is 3.51. The first-order chi connectivity index (χ1) is 8.33. The number of fused-ring (bicyclic) bond motifs is 1. The van der Waals surface area contributed by atoms with Crippen LogP contribution < -0.4 is 5.32 Å². The molecule has 0 saturated carbocycles. The molecule has 0 spiro atoms. The molecule has 0 aliphatic carbocycles. The number of rotatable bonds is 4. The zero-order valence-corrected chi connectivity index (χ0v) is 11.4. The van der Waals surface area contributed by atoms with Gasteiger partial charge in [-0.3, -0.25) is 0 Å². The van der Waals surface area contributed by atoms with Crippen molar-refractivity contribution in [1.82, 2.24) is 14.6 Å². The maximum atomic E-state index is 11.2. The summed E-state index contributed by atoms with van der Waals surface area (Å²) in [4.78, 5) is 4.27. The minimum Gasteiger partial charge on any atom is -0.349 e. The molecule has 0 fully saturated rings. The summed E-state index contributed by atoms with van der Waals surface area (Å²) in [6, 6.07) is 3.60. The molecule has 2 heterocycles. The molecule has 0 saturated heterocycles. The van der Waals surface area contributed by atoms with Crippen LogP contribution in [0.15, 0.2) is 18.3 Å². The Kier molecular flexibility index (Phi) is 3.25. The topological polar surface area (TPSA) is 76.4 Å². The van der Waals surface area contributed by atoms with E-state index >= 15 is 0 Å². The molecule has 1 unspecified atom stereocenters. The van der Waals surface area contributed by atoms with Gasteiger partial charge in [-0.15, -0.1) is 5.10 Å². The minimum atomic E-state index is -3.01. The summed E-state index contributed by atoms with van der Waals surface area (Å²) in [5.74, 6) is 0.499. The molecule has 7 heteroatoms. The predicted octanol–water partition coefficient (Wildman–Crippen LogP) is 0.883. The van der Waals surface area contributed by atoms with Crippen LogP contribution in [-0.4, -0.2) is 41.1 Å². The van der Waals surface area contributed by atoms with Crippen LogP contribution in [0.3, 0.4) is 0 Å². The number of nitrogens with one attached hydrogen (secondary N) is 1. The predicted molar refractivity (Wildman–Crippen MR) is 70.5 cm³/mol. The quantitative estimate of drug-likeness (QED) is 0.891. The molecule has 0 amide bonds. The summed E-state index contributed by atoms with van der Waals surface area (Å²) in [5, 5.41) is 7.23. The first kappa shape index (κ1) is 12.8. The Balaban J connectivity index is 2.17. The van der Waals surface area contributed by atoms with Crippen LogP contribution in [0.2, 0.25) is 0 Å². The van der Waals surface area contributed by atoms with Crippen LogP contribution in [0.1, 0.15) is 12.5 Å². The van der Waals surface area contributed by atoms with E-state index in [4.69, 9.17) is 0 Å². The van der Waals surface area contributed by atoms with Gasteiger partial charge in [-0.1, -0.05) is 6.07 Å². The highest BCUT2D eigenvalue weighted by atomic mass is 32.2. The fourth-order valence-electron chi connectivity index (χ4n) is 1.76. The standard InChI is InChI=1S/C11H16N4O2S/c1-8-4-5-10-13-11(14-15(10)6-8)12-9(2)7-18(3,16)17/h4-6,9H,7H2,1-3H3,(H,12,14). The van der Waals surface area contributed by atoms with Crippen LogP contribution in [0, 0.1) is 6.92 Å². The van der Waals surface area contributed by atoms with Gasteiger partial charge in [0.25, 0.3) is 0 Å². The van der Waals surface area contributed by atoms with Gasteiger partial charge < -0.3 is 5.32 Å². The molecule has 0 radical (unpaired) electrons. The highest BCUT2D eigenvalue weighted by molar-refractivity contribution is 7.90. The first-order valence-electron chi connectivity index (χ1n) is 5.61. The summed E-state index contributed by atoms with van der Waals surface area (Å²) in [6.45, 7) is 3.76. The highest BCUT2D eigenvalue weighted by Gasteiger charge is 2.12. The van der Waals surface area contributed by atoms with Crippen molar-refractivity contribution in [3.63, 3.8) is 0 Å². The van der Waals surface area contributed by atoms with Gasteiger partial charge in [0.2, 0.25) is 5.95 Å². The average Bonchev–Trinajstić information content (AvgIpc) is 2.55. The summed E-state index contributed by atoms with van der Waals surface area (Å²) in [7, 11) is -3.01. The smallest absolute Gasteiger partial charge is 0.243 e. The van der Waals surface area contributed by atoms with Crippen LogP contribution >= 0.6 is 0 Å². The lowest BCUT2D eigenvalue weighted by atomic mass is 10.3. The molecular weight excluding hydrogens is 252 g/mol. The van der Waals surface area contributed by atoms with E-state index in [0.29, 0.717) is 5.95 Å². The van der Waals surface area contributed by atoms with Crippen LogP contribution in [-0.2, 0) is 9.84 Å². The Morgan fingerprint density at radius 1 is 1.44 bits per heavy atom. The van der Waals surface area contributed by atoms with Crippen molar-refractivity contribution in [2.45, 2.75) is 19.9 Å². The third-order valence-electron chi connectivity index (χ3n) is 2.41. The van der Waals surface area contributed by atoms with Crippen LogP contribution in [0.25, 0.3) is 5.65 Å². The Hall–Kier alpha value is -1.63. The van der Waals surface area contributed by atoms with Gasteiger partial charge in [0, 0.05) is 18.5 Å². The average molecular weight is 268 g/mol. The number of hydrogen-bond acceptors (Lipinski definition) is 5. The second-order valence-corrected chi connectivity index (χ2v) is 6.77. The van der Waals surface area contributed by atoms with Crippen molar-refractivity contribution in [1.29, 1.82) is 0 Å². The summed E-state index contributed by atoms with van der Waals surface area (Å²) >= 11 is 0. The third kappa shape index (κ3) is 3.19. The van der Waals surface area contributed by atoms with Gasteiger partial charge in [0.1, 0.15) is 9.84 Å². The van der Waals surface area contributed by atoms with Crippen LogP contribution in [0.4, 0.5) is 5.95 Å². The van der Waals surface area contributed by atoms with Gasteiger partial charge in [0.15, 0.2) is 5.65 Å². The van der Waals surface area contributed by atoms with Crippen molar-refractivity contribution < 1.29 is 8.42 Å². The van der Waals surface area contributed by atoms with E-state index in [1.54, 1.807) is 11.4 Å². The number of pyridine rings is 1. The Morgan fingerprint density at radius 2 is 2.17 bits per heavy atom. The zero-order chi connectivity index (χ0) is 13.3. The van der Waals surface area contributed by atoms with Crippen molar-refractivity contribution in [2.75, 3.05) is 17.3 Å². The van der Waals surface area contributed by atoms with E-state index < -0.39 is 9.84 Å². The molecule has 1 N–H and O–H groups in total. The molecule has 0 aromatic carbocycles. The van der Waals surface area contributed by atoms with Crippen molar-refractivity contribution in [3.05, 3.63) is 23.9 Å². The molecule has 98 valence electrons. The monoisotopic (exact) mass is 268 g/mol. The maximum Gasteiger partial charge on any atom is 0.243 e. The number of anilines is 1. The second kappa shape index (κ2) is 4.56. The number of nitrogens with zero attached hydrogens (tertiary/aromatic N) is 3. The number of sulfone groups is 1. The first-order valence-corrected chi connectivity index (χ1v) is 7.67. The van der Waals surface area contributed by atoms with Gasteiger partial charge >= 0.3 is 0 Å². The molecule has 6 nitrogen and oxygen atoms in total. The molecule has 1 atom stereocenters. The zero-order valence-electron chi connectivity index (χ0n) is 10.6. The molecule has 18 heavy (non-hydrogen) atoms. The molecule has 2 aromatic rings. The van der Waals surface area contributed by atoms with Crippen molar-refractivity contribution in [3.8, 4) is 0 Å². The van der Waals surface area contributed by atoms with Gasteiger partial charge in [0.05, 0.1) is 5.75 Å². The SMILES string of the molecule is Cc1ccc2nc(NC(C)CS(C)(=O)=O)nn2c1. The molecule has 2 aromatic heterocycles. The lowest BCUT2D eigenvalue weighted by Crippen LogP contribution is -2.25. The Bertz CT molecular complexity index is 663. The van der Waals surface area contributed by atoms with Crippen LogP contribution in [0.5, 0.6) is 0 Å². The van der Waals surface area contributed by atoms with E-state index in [1.165, 1.54) is 6.26 Å². The lowest BCUT2D eigenvalue weighted by molar-refractivity contribution is 0.597. The Morgan fingerprint density at radius 3 is 2.83 bits per heavy atom. The number of aromatic nitrogens is 3. The van der Waals surface area contributed by atoms with Crippen molar-refractivity contribution in [2.24, 2.45) is 0 Å². The lowest BCUT2D eigenvalue weighted by Gasteiger charge is -2.09. The largest absolute Gasteiger partial charge is 0.349 e. The van der Waals surface area contributed by atoms with E-state index in [1.807, 2.05) is 25.3 Å². The molecule has 0 aliphatic heterocycles. The fraction of sp³-hybridized carbons (Fsp3) is 0.455. The van der Waals surface area contributed by atoms with Crippen molar-refractivity contribution >= 4 is 21.4 Å². The summed E-state index contributed by atoms with van der Waals surface area (Å²) in [6.07, 6.45) is 3.08. The maximum absolute atomic E-state index is 11.2. The van der Waals surface area contributed by atoms with Gasteiger partial charge in [-0.05, 0) is 25.5 Å². The molecular formula is C11H16N4O2S. The molecule has 2 rings (SSSR count). The van der Waals surface area contributed by atoms with E-state index in [-0.39, 0.29) is 11.8 Å². The van der Waals surface area contributed by atoms with E-state index in [0.717, 1.165) is 11.2 Å². The fourth-order valence-corrected chi connectivity index (χ4v) is 2.75. The molecule has 0 aliphatic rings. The molecule has 0 bridgehead atoms.